The summed E-state index contributed by atoms with van der Waals surface area (Å²) in [6, 6.07) is 27.1. The smallest absolute Gasteiger partial charge is 0.344 e. The van der Waals surface area contributed by atoms with Gasteiger partial charge < -0.3 is 14.2 Å². The van der Waals surface area contributed by atoms with Crippen LogP contribution in [0.15, 0.2) is 95.9 Å². The largest absolute Gasteiger partial charge is 0.493 e. The highest BCUT2D eigenvalue weighted by atomic mass is 32.2. The van der Waals surface area contributed by atoms with Crippen molar-refractivity contribution in [2.75, 3.05) is 20.3 Å². The first-order valence-electron chi connectivity index (χ1n) is 11.8. The number of fused-ring (bicyclic) bond motifs is 1. The molecule has 1 aliphatic heterocycles. The first-order valence-corrected chi connectivity index (χ1v) is 12.7. The Morgan fingerprint density at radius 2 is 1.66 bits per heavy atom. The number of carbonyl (C=O) groups excluding carboxylic acids is 3. The molecule has 7 nitrogen and oxygen atoms in total. The van der Waals surface area contributed by atoms with Crippen LogP contribution in [0, 0.1) is 0 Å². The number of rotatable bonds is 8. The van der Waals surface area contributed by atoms with Crippen LogP contribution in [-0.2, 0) is 4.79 Å². The Morgan fingerprint density at radius 1 is 0.895 bits per heavy atom. The molecule has 0 bridgehead atoms. The molecule has 38 heavy (non-hydrogen) atoms. The zero-order valence-electron chi connectivity index (χ0n) is 20.5. The molecule has 4 aromatic carbocycles. The number of nitrogens with zero attached hydrogens (tertiary/aromatic N) is 1. The van der Waals surface area contributed by atoms with Gasteiger partial charge in [-0.1, -0.05) is 60.7 Å². The summed E-state index contributed by atoms with van der Waals surface area (Å²) in [6.45, 7) is 0.319. The topological polar surface area (TPSA) is 82.1 Å². The van der Waals surface area contributed by atoms with E-state index in [1.807, 2.05) is 60.7 Å². The van der Waals surface area contributed by atoms with Crippen molar-refractivity contribution >= 4 is 45.7 Å². The summed E-state index contributed by atoms with van der Waals surface area (Å²) >= 11 is 0.855. The summed E-state index contributed by atoms with van der Waals surface area (Å²) in [5, 5.41) is 1.33. The molecule has 0 spiro atoms. The minimum atomic E-state index is -0.531. The van der Waals surface area contributed by atoms with E-state index in [0.29, 0.717) is 22.6 Å². The quantitative estimate of drug-likeness (QED) is 0.154. The fourth-order valence-electron chi connectivity index (χ4n) is 4.04. The predicted octanol–water partition coefficient (Wildman–Crippen LogP) is 6.18. The van der Waals surface area contributed by atoms with Gasteiger partial charge in [0.25, 0.3) is 11.1 Å². The lowest BCUT2D eigenvalue weighted by atomic mass is 10.0. The van der Waals surface area contributed by atoms with Crippen LogP contribution in [0.25, 0.3) is 16.8 Å². The van der Waals surface area contributed by atoms with Crippen LogP contribution >= 0.6 is 11.8 Å². The Bertz CT molecular complexity index is 1540. The average molecular weight is 526 g/mol. The SMILES string of the molecule is COc1ccc(/C=C2\SC(=O)N(CCOc3ccccc3)C2=O)cc1OC(=O)c1cccc2ccccc12. The zero-order valence-corrected chi connectivity index (χ0v) is 21.3. The molecule has 0 aromatic heterocycles. The second-order valence-electron chi connectivity index (χ2n) is 8.32. The van der Waals surface area contributed by atoms with Crippen LogP contribution in [0.2, 0.25) is 0 Å². The molecule has 1 saturated heterocycles. The van der Waals surface area contributed by atoms with E-state index in [1.54, 1.807) is 36.4 Å². The molecule has 5 rings (SSSR count). The van der Waals surface area contributed by atoms with Crippen LogP contribution < -0.4 is 14.2 Å². The number of para-hydroxylation sites is 1. The molecule has 0 atom stereocenters. The molecule has 0 aliphatic carbocycles. The van der Waals surface area contributed by atoms with Gasteiger partial charge in [0.2, 0.25) is 0 Å². The number of methoxy groups -OCH3 is 1. The number of thioether (sulfide) groups is 1. The number of benzene rings is 4. The number of hydrogen-bond donors (Lipinski definition) is 0. The van der Waals surface area contributed by atoms with Crippen molar-refractivity contribution < 1.29 is 28.6 Å². The van der Waals surface area contributed by atoms with Gasteiger partial charge in [0.05, 0.1) is 24.1 Å². The van der Waals surface area contributed by atoms with Gasteiger partial charge in [0.15, 0.2) is 11.5 Å². The van der Waals surface area contributed by atoms with E-state index in [4.69, 9.17) is 14.2 Å². The van der Waals surface area contributed by atoms with Crippen molar-refractivity contribution in [2.45, 2.75) is 0 Å². The van der Waals surface area contributed by atoms with Gasteiger partial charge >= 0.3 is 5.97 Å². The first-order chi connectivity index (χ1) is 18.5. The Morgan fingerprint density at radius 3 is 2.47 bits per heavy atom. The molecule has 1 aliphatic rings. The van der Waals surface area contributed by atoms with Gasteiger partial charge in [-0.2, -0.15) is 0 Å². The van der Waals surface area contributed by atoms with E-state index >= 15 is 0 Å². The van der Waals surface area contributed by atoms with E-state index in [2.05, 4.69) is 0 Å². The molecule has 1 heterocycles. The van der Waals surface area contributed by atoms with E-state index < -0.39 is 11.9 Å². The molecule has 4 aromatic rings. The lowest BCUT2D eigenvalue weighted by Gasteiger charge is -2.13. The third kappa shape index (κ3) is 5.40. The number of esters is 1. The number of ether oxygens (including phenoxy) is 3. The van der Waals surface area contributed by atoms with E-state index in [-0.39, 0.29) is 29.0 Å². The Labute approximate surface area is 223 Å². The maximum absolute atomic E-state index is 13.1. The summed E-state index contributed by atoms with van der Waals surface area (Å²) in [6.07, 6.45) is 1.59. The Balaban J connectivity index is 1.32. The fraction of sp³-hybridized carbons (Fsp3) is 0.100. The summed E-state index contributed by atoms with van der Waals surface area (Å²) in [5.41, 5.74) is 1.01. The van der Waals surface area contributed by atoms with Crippen LogP contribution in [0.5, 0.6) is 17.2 Å². The minimum Gasteiger partial charge on any atom is -0.493 e. The molecule has 8 heteroatoms. The zero-order chi connectivity index (χ0) is 26.5. The normalized spacial score (nSPS) is 14.2. The van der Waals surface area contributed by atoms with Gasteiger partial charge in [-0.25, -0.2) is 4.79 Å². The maximum atomic E-state index is 13.1. The van der Waals surface area contributed by atoms with E-state index in [9.17, 15) is 14.4 Å². The highest BCUT2D eigenvalue weighted by Gasteiger charge is 2.34. The molecule has 0 radical (unpaired) electrons. The second kappa shape index (κ2) is 11.2. The molecular weight excluding hydrogens is 502 g/mol. The lowest BCUT2D eigenvalue weighted by molar-refractivity contribution is -0.123. The van der Waals surface area contributed by atoms with Crippen molar-refractivity contribution in [3.8, 4) is 17.2 Å². The number of amides is 2. The molecule has 0 unspecified atom stereocenters. The molecule has 190 valence electrons. The molecule has 2 amide bonds. The summed E-state index contributed by atoms with van der Waals surface area (Å²) in [4.78, 5) is 39.9. The van der Waals surface area contributed by atoms with Crippen molar-refractivity contribution in [2.24, 2.45) is 0 Å². The molecular formula is C30H23NO6S. The number of imide groups is 1. The third-order valence-electron chi connectivity index (χ3n) is 5.90. The van der Waals surface area contributed by atoms with Crippen molar-refractivity contribution in [1.29, 1.82) is 0 Å². The van der Waals surface area contributed by atoms with Gasteiger partial charge in [-0.05, 0) is 64.5 Å². The van der Waals surface area contributed by atoms with E-state index in [0.717, 1.165) is 27.4 Å². The lowest BCUT2D eigenvalue weighted by Crippen LogP contribution is -2.32. The van der Waals surface area contributed by atoms with Crippen molar-refractivity contribution in [3.05, 3.63) is 107 Å². The predicted molar refractivity (Wildman–Crippen MR) is 147 cm³/mol. The summed E-state index contributed by atoms with van der Waals surface area (Å²) in [5.74, 6) is 0.299. The van der Waals surface area contributed by atoms with E-state index in [1.165, 1.54) is 7.11 Å². The highest BCUT2D eigenvalue weighted by molar-refractivity contribution is 8.18. The van der Waals surface area contributed by atoms with Gasteiger partial charge in [0, 0.05) is 0 Å². The van der Waals surface area contributed by atoms with Gasteiger partial charge in [0.1, 0.15) is 12.4 Å². The van der Waals surface area contributed by atoms with Crippen LogP contribution in [0.3, 0.4) is 0 Å². The first kappa shape index (κ1) is 25.1. The summed E-state index contributed by atoms with van der Waals surface area (Å²) in [7, 11) is 1.48. The second-order valence-corrected chi connectivity index (χ2v) is 9.31. The van der Waals surface area contributed by atoms with Gasteiger partial charge in [-0.3, -0.25) is 14.5 Å². The monoisotopic (exact) mass is 525 g/mol. The number of hydrogen-bond acceptors (Lipinski definition) is 7. The third-order valence-corrected chi connectivity index (χ3v) is 6.81. The van der Waals surface area contributed by atoms with Gasteiger partial charge in [-0.15, -0.1) is 0 Å². The standard InChI is InChI=1S/C30H23NO6S/c1-35-25-15-14-20(18-26(25)37-29(33)24-13-7-9-21-8-5-6-12-23(21)24)19-27-28(32)31(30(34)38-27)16-17-36-22-10-3-2-4-11-22/h2-15,18-19H,16-17H2,1H3/b27-19-. The fourth-order valence-corrected chi connectivity index (χ4v) is 4.90. The van der Waals surface area contributed by atoms with Crippen LogP contribution in [0.1, 0.15) is 15.9 Å². The maximum Gasteiger partial charge on any atom is 0.344 e. The molecule has 1 fully saturated rings. The summed E-state index contributed by atoms with van der Waals surface area (Å²) < 4.78 is 16.7. The molecule has 0 N–H and O–H groups in total. The highest BCUT2D eigenvalue weighted by Crippen LogP contribution is 2.35. The number of carbonyl (C=O) groups is 3. The Kier molecular flexibility index (Phi) is 7.42. The average Bonchev–Trinajstić information content (AvgIpc) is 3.20. The Hall–Kier alpha value is -4.56. The van der Waals surface area contributed by atoms with Crippen LogP contribution in [-0.4, -0.2) is 42.3 Å². The van der Waals surface area contributed by atoms with Crippen molar-refractivity contribution in [1.82, 2.24) is 4.90 Å². The van der Waals surface area contributed by atoms with Crippen molar-refractivity contribution in [3.63, 3.8) is 0 Å². The molecule has 0 saturated carbocycles. The van der Waals surface area contributed by atoms with Crippen LogP contribution in [0.4, 0.5) is 4.79 Å². The minimum absolute atomic E-state index is 0.132.